The summed E-state index contributed by atoms with van der Waals surface area (Å²) < 4.78 is 3.69. The van der Waals surface area contributed by atoms with Crippen molar-refractivity contribution in [3.05, 3.63) is 59.1 Å². The average molecular weight is 417 g/mol. The highest BCUT2D eigenvalue weighted by atomic mass is 35.5. The first-order valence-corrected chi connectivity index (χ1v) is 9.89. The standard InChI is InChI=1S/C17H13ClN6OS2/c1-23-10-19-22-17(23)27-12-4-2-11(3-5-12)20-14(25)7-6-13-15(18)21-16-24(13)8-9-26-16/h2-10H,1H3,(H,20,25)/b7-6+. The molecule has 0 spiro atoms. The second kappa shape index (κ2) is 7.55. The number of aromatic nitrogens is 5. The van der Waals surface area contributed by atoms with E-state index < -0.39 is 0 Å². The molecule has 1 N–H and O–H groups in total. The van der Waals surface area contributed by atoms with Crippen molar-refractivity contribution >= 4 is 57.3 Å². The number of amides is 1. The molecule has 0 aliphatic heterocycles. The predicted octanol–water partition coefficient (Wildman–Crippen LogP) is 3.98. The van der Waals surface area contributed by atoms with E-state index in [9.17, 15) is 4.79 Å². The number of imidazole rings is 1. The van der Waals surface area contributed by atoms with Crippen LogP contribution in [0.4, 0.5) is 5.69 Å². The first-order chi connectivity index (χ1) is 13.1. The molecular formula is C17H13ClN6OS2. The van der Waals surface area contributed by atoms with Crippen molar-refractivity contribution in [2.45, 2.75) is 10.1 Å². The minimum absolute atomic E-state index is 0.245. The van der Waals surface area contributed by atoms with Crippen molar-refractivity contribution in [1.29, 1.82) is 0 Å². The smallest absolute Gasteiger partial charge is 0.248 e. The molecule has 3 aromatic heterocycles. The van der Waals surface area contributed by atoms with E-state index in [1.165, 1.54) is 29.2 Å². The van der Waals surface area contributed by atoms with Gasteiger partial charge < -0.3 is 9.88 Å². The average Bonchev–Trinajstić information content (AvgIpc) is 3.33. The molecule has 3 heterocycles. The number of aryl methyl sites for hydroxylation is 1. The summed E-state index contributed by atoms with van der Waals surface area (Å²) >= 11 is 9.10. The molecule has 0 atom stereocenters. The van der Waals surface area contributed by atoms with Crippen LogP contribution in [0.3, 0.4) is 0 Å². The van der Waals surface area contributed by atoms with Gasteiger partial charge in [-0.2, -0.15) is 0 Å². The molecule has 1 amide bonds. The van der Waals surface area contributed by atoms with Gasteiger partial charge in [0.25, 0.3) is 0 Å². The SMILES string of the molecule is Cn1cnnc1Sc1ccc(NC(=O)/C=C/c2c(Cl)nc3sccn23)cc1. The maximum Gasteiger partial charge on any atom is 0.248 e. The van der Waals surface area contributed by atoms with E-state index in [4.69, 9.17) is 11.6 Å². The van der Waals surface area contributed by atoms with Gasteiger partial charge >= 0.3 is 0 Å². The van der Waals surface area contributed by atoms with Crippen molar-refractivity contribution in [3.63, 3.8) is 0 Å². The highest BCUT2D eigenvalue weighted by Crippen LogP contribution is 2.26. The van der Waals surface area contributed by atoms with Crippen LogP contribution in [-0.4, -0.2) is 30.1 Å². The highest BCUT2D eigenvalue weighted by molar-refractivity contribution is 7.99. The number of fused-ring (bicyclic) bond motifs is 1. The van der Waals surface area contributed by atoms with Crippen molar-refractivity contribution in [2.24, 2.45) is 7.05 Å². The molecule has 0 radical (unpaired) electrons. The fourth-order valence-electron chi connectivity index (χ4n) is 2.34. The molecule has 136 valence electrons. The van der Waals surface area contributed by atoms with Crippen LogP contribution in [0.1, 0.15) is 5.69 Å². The van der Waals surface area contributed by atoms with Crippen LogP contribution in [0.15, 0.2) is 58.3 Å². The Bertz CT molecular complexity index is 1130. The number of hydrogen-bond donors (Lipinski definition) is 1. The van der Waals surface area contributed by atoms with Gasteiger partial charge in [-0.1, -0.05) is 11.6 Å². The van der Waals surface area contributed by atoms with Gasteiger partial charge in [0.15, 0.2) is 15.3 Å². The molecular weight excluding hydrogens is 404 g/mol. The van der Waals surface area contributed by atoms with Crippen LogP contribution in [0.25, 0.3) is 11.0 Å². The van der Waals surface area contributed by atoms with Crippen LogP contribution in [0.5, 0.6) is 0 Å². The normalized spacial score (nSPS) is 11.5. The third-order valence-corrected chi connectivity index (χ3v) is 5.74. The van der Waals surface area contributed by atoms with Gasteiger partial charge in [-0.05, 0) is 42.1 Å². The number of hydrogen-bond acceptors (Lipinski definition) is 6. The third kappa shape index (κ3) is 3.90. The summed E-state index contributed by atoms with van der Waals surface area (Å²) in [7, 11) is 1.89. The van der Waals surface area contributed by atoms with Gasteiger partial charge in [-0.3, -0.25) is 9.20 Å². The summed E-state index contributed by atoms with van der Waals surface area (Å²) in [6, 6.07) is 7.52. The number of thiazole rings is 1. The lowest BCUT2D eigenvalue weighted by molar-refractivity contribution is -0.111. The second-order valence-electron chi connectivity index (χ2n) is 5.52. The maximum absolute atomic E-state index is 12.2. The number of halogens is 1. The van der Waals surface area contributed by atoms with Crippen LogP contribution in [0, 0.1) is 0 Å². The number of carbonyl (C=O) groups is 1. The number of rotatable bonds is 5. The molecule has 0 fully saturated rings. The zero-order chi connectivity index (χ0) is 18.8. The van der Waals surface area contributed by atoms with E-state index in [2.05, 4.69) is 20.5 Å². The third-order valence-electron chi connectivity index (χ3n) is 3.65. The topological polar surface area (TPSA) is 77.1 Å². The van der Waals surface area contributed by atoms with E-state index in [0.717, 1.165) is 15.0 Å². The number of anilines is 1. The Labute approximate surface area is 167 Å². The molecule has 0 saturated heterocycles. The second-order valence-corrected chi connectivity index (χ2v) is 7.79. The van der Waals surface area contributed by atoms with E-state index in [-0.39, 0.29) is 5.91 Å². The van der Waals surface area contributed by atoms with Gasteiger partial charge in [0.2, 0.25) is 5.91 Å². The molecule has 0 aliphatic rings. The number of carbonyl (C=O) groups excluding carboxylic acids is 1. The summed E-state index contributed by atoms with van der Waals surface area (Å²) in [5.41, 5.74) is 1.38. The van der Waals surface area contributed by atoms with Gasteiger partial charge in [0, 0.05) is 35.3 Å². The molecule has 7 nitrogen and oxygen atoms in total. The maximum atomic E-state index is 12.2. The van der Waals surface area contributed by atoms with Crippen molar-refractivity contribution in [1.82, 2.24) is 24.1 Å². The van der Waals surface area contributed by atoms with E-state index in [1.54, 1.807) is 12.4 Å². The van der Waals surface area contributed by atoms with Gasteiger partial charge in [-0.25, -0.2) is 4.98 Å². The molecule has 27 heavy (non-hydrogen) atoms. The Morgan fingerprint density at radius 1 is 1.33 bits per heavy atom. The molecule has 0 saturated carbocycles. The van der Waals surface area contributed by atoms with Crippen LogP contribution in [-0.2, 0) is 11.8 Å². The Morgan fingerprint density at radius 2 is 2.15 bits per heavy atom. The first kappa shape index (κ1) is 17.8. The molecule has 10 heteroatoms. The van der Waals surface area contributed by atoms with Crippen molar-refractivity contribution in [3.8, 4) is 0 Å². The van der Waals surface area contributed by atoms with Crippen molar-refractivity contribution in [2.75, 3.05) is 5.32 Å². The summed E-state index contributed by atoms with van der Waals surface area (Å²) in [6.07, 6.45) is 6.61. The number of nitrogens with one attached hydrogen (secondary N) is 1. The monoisotopic (exact) mass is 416 g/mol. The van der Waals surface area contributed by atoms with E-state index in [0.29, 0.717) is 16.5 Å². The highest BCUT2D eigenvalue weighted by Gasteiger charge is 2.09. The van der Waals surface area contributed by atoms with E-state index in [1.807, 2.05) is 51.9 Å². The summed E-state index contributed by atoms with van der Waals surface area (Å²) in [6.45, 7) is 0. The summed E-state index contributed by atoms with van der Waals surface area (Å²) in [5, 5.41) is 13.8. The quantitative estimate of drug-likeness (QED) is 0.498. The van der Waals surface area contributed by atoms with Gasteiger partial charge in [0.05, 0.1) is 5.69 Å². The Balaban J connectivity index is 1.41. The Hall–Kier alpha value is -2.62. The van der Waals surface area contributed by atoms with Crippen LogP contribution >= 0.6 is 34.7 Å². The largest absolute Gasteiger partial charge is 0.323 e. The summed E-state index contributed by atoms with van der Waals surface area (Å²) in [4.78, 5) is 18.2. The van der Waals surface area contributed by atoms with E-state index >= 15 is 0 Å². The predicted molar refractivity (Wildman–Crippen MR) is 107 cm³/mol. The molecule has 0 unspecified atom stereocenters. The molecule has 4 aromatic rings. The molecule has 4 rings (SSSR count). The lowest BCUT2D eigenvalue weighted by Gasteiger charge is -2.04. The van der Waals surface area contributed by atoms with Gasteiger partial charge in [-0.15, -0.1) is 21.5 Å². The molecule has 0 bridgehead atoms. The zero-order valence-corrected chi connectivity index (χ0v) is 16.4. The number of nitrogens with zero attached hydrogens (tertiary/aromatic N) is 5. The molecule has 0 aliphatic carbocycles. The van der Waals surface area contributed by atoms with Crippen LogP contribution < -0.4 is 5.32 Å². The van der Waals surface area contributed by atoms with Gasteiger partial charge in [0.1, 0.15) is 6.33 Å². The lowest BCUT2D eigenvalue weighted by Crippen LogP contribution is -2.07. The van der Waals surface area contributed by atoms with Crippen LogP contribution in [0.2, 0.25) is 5.15 Å². The van der Waals surface area contributed by atoms with Crippen molar-refractivity contribution < 1.29 is 4.79 Å². The zero-order valence-electron chi connectivity index (χ0n) is 14.0. The fraction of sp³-hybridized carbons (Fsp3) is 0.0588. The Morgan fingerprint density at radius 3 is 2.89 bits per heavy atom. The minimum Gasteiger partial charge on any atom is -0.323 e. The molecule has 1 aromatic carbocycles. The first-order valence-electron chi connectivity index (χ1n) is 7.82. The minimum atomic E-state index is -0.245. The lowest BCUT2D eigenvalue weighted by atomic mass is 10.3. The Kier molecular flexibility index (Phi) is 4.97. The summed E-state index contributed by atoms with van der Waals surface area (Å²) in [5.74, 6) is -0.245. The fourth-order valence-corrected chi connectivity index (χ4v) is 4.11. The number of benzene rings is 1.